The van der Waals surface area contributed by atoms with E-state index in [2.05, 4.69) is 10.1 Å². The molecule has 0 saturated carbocycles. The smallest absolute Gasteiger partial charge is 0.339 e. The fourth-order valence-corrected chi connectivity index (χ4v) is 3.10. The molecule has 1 aliphatic heterocycles. The van der Waals surface area contributed by atoms with E-state index in [9.17, 15) is 19.2 Å². The Kier molecular flexibility index (Phi) is 5.84. The number of nitrogens with one attached hydrogen (secondary N) is 1. The predicted octanol–water partition coefficient (Wildman–Crippen LogP) is 2.63. The summed E-state index contributed by atoms with van der Waals surface area (Å²) >= 11 is 5.97. The summed E-state index contributed by atoms with van der Waals surface area (Å²) in [5, 5.41) is 2.95. The highest BCUT2D eigenvalue weighted by atomic mass is 35.5. The molecular weight excluding hydrogens is 402 g/mol. The SMILES string of the molecule is COC(=O)c1ccc(C(=O)OC)c(NC(=O)[C@@H]2Cc3cc(Cl)ccc3C(=O)O2)c1. The van der Waals surface area contributed by atoms with Gasteiger partial charge in [-0.2, -0.15) is 0 Å². The lowest BCUT2D eigenvalue weighted by Gasteiger charge is -2.24. The second-order valence-corrected chi connectivity index (χ2v) is 6.57. The second-order valence-electron chi connectivity index (χ2n) is 6.13. The van der Waals surface area contributed by atoms with Gasteiger partial charge in [0.05, 0.1) is 36.6 Å². The molecule has 150 valence electrons. The largest absolute Gasteiger partial charge is 0.465 e. The second kappa shape index (κ2) is 8.32. The van der Waals surface area contributed by atoms with Crippen LogP contribution in [0.15, 0.2) is 36.4 Å². The van der Waals surface area contributed by atoms with Crippen molar-refractivity contribution in [1.29, 1.82) is 0 Å². The number of methoxy groups -OCH3 is 2. The predicted molar refractivity (Wildman–Crippen MR) is 102 cm³/mol. The van der Waals surface area contributed by atoms with Crippen LogP contribution >= 0.6 is 11.6 Å². The number of fused-ring (bicyclic) bond motifs is 1. The molecule has 1 heterocycles. The average molecular weight is 418 g/mol. The lowest BCUT2D eigenvalue weighted by atomic mass is 9.98. The quantitative estimate of drug-likeness (QED) is 0.601. The number of rotatable bonds is 4. The number of carbonyl (C=O) groups excluding carboxylic acids is 4. The molecule has 2 aromatic carbocycles. The molecule has 0 fully saturated rings. The van der Waals surface area contributed by atoms with Gasteiger partial charge in [0.15, 0.2) is 6.10 Å². The fraction of sp³-hybridized carbons (Fsp3) is 0.200. The van der Waals surface area contributed by atoms with E-state index in [1.165, 1.54) is 38.5 Å². The summed E-state index contributed by atoms with van der Waals surface area (Å²) in [5.41, 5.74) is 1.08. The number of carbonyl (C=O) groups is 4. The van der Waals surface area contributed by atoms with Gasteiger partial charge in [-0.25, -0.2) is 14.4 Å². The number of amides is 1. The highest BCUT2D eigenvalue weighted by Crippen LogP contribution is 2.26. The number of cyclic esters (lactones) is 1. The summed E-state index contributed by atoms with van der Waals surface area (Å²) in [4.78, 5) is 48.7. The van der Waals surface area contributed by atoms with Crippen molar-refractivity contribution in [3.8, 4) is 0 Å². The number of esters is 3. The van der Waals surface area contributed by atoms with E-state index in [1.807, 2.05) is 0 Å². The molecule has 2 aromatic rings. The van der Waals surface area contributed by atoms with Crippen molar-refractivity contribution in [3.63, 3.8) is 0 Å². The Morgan fingerprint density at radius 3 is 2.48 bits per heavy atom. The first kappa shape index (κ1) is 20.3. The van der Waals surface area contributed by atoms with Gasteiger partial charge in [0.1, 0.15) is 0 Å². The molecule has 0 spiro atoms. The zero-order chi connectivity index (χ0) is 21.1. The topological polar surface area (TPSA) is 108 Å². The third-order valence-corrected chi connectivity index (χ3v) is 4.57. The van der Waals surface area contributed by atoms with Gasteiger partial charge in [0.2, 0.25) is 0 Å². The van der Waals surface area contributed by atoms with Crippen LogP contribution in [0.25, 0.3) is 0 Å². The molecule has 8 nitrogen and oxygen atoms in total. The normalized spacial score (nSPS) is 15.0. The Labute approximate surface area is 170 Å². The molecule has 0 unspecified atom stereocenters. The van der Waals surface area contributed by atoms with E-state index in [0.717, 1.165) is 0 Å². The van der Waals surface area contributed by atoms with E-state index in [1.54, 1.807) is 12.1 Å². The zero-order valence-electron chi connectivity index (χ0n) is 15.5. The monoisotopic (exact) mass is 417 g/mol. The van der Waals surface area contributed by atoms with Crippen molar-refractivity contribution in [2.75, 3.05) is 19.5 Å². The summed E-state index contributed by atoms with van der Waals surface area (Å²) in [6.45, 7) is 0. The summed E-state index contributed by atoms with van der Waals surface area (Å²) in [6, 6.07) is 8.66. The summed E-state index contributed by atoms with van der Waals surface area (Å²) in [7, 11) is 2.39. The van der Waals surface area contributed by atoms with Crippen LogP contribution in [-0.4, -0.2) is 44.1 Å². The number of hydrogen-bond acceptors (Lipinski definition) is 7. The number of benzene rings is 2. The van der Waals surface area contributed by atoms with Gasteiger partial charge < -0.3 is 19.5 Å². The molecule has 0 saturated heterocycles. The maximum Gasteiger partial charge on any atom is 0.339 e. The standard InChI is InChI=1S/C20H16ClNO7/c1-27-18(24)10-3-5-14(19(25)28-2)15(8-10)22-17(23)16-9-11-7-12(21)4-6-13(11)20(26)29-16/h3-8,16H,9H2,1-2H3,(H,22,23)/t16-/m0/s1. The lowest BCUT2D eigenvalue weighted by Crippen LogP contribution is -2.38. The van der Waals surface area contributed by atoms with Crippen molar-refractivity contribution in [2.45, 2.75) is 12.5 Å². The first-order valence-electron chi connectivity index (χ1n) is 8.45. The van der Waals surface area contributed by atoms with Gasteiger partial charge in [-0.3, -0.25) is 4.79 Å². The maximum atomic E-state index is 12.7. The van der Waals surface area contributed by atoms with Crippen LogP contribution in [0.1, 0.15) is 36.6 Å². The summed E-state index contributed by atoms with van der Waals surface area (Å²) < 4.78 is 14.6. The van der Waals surface area contributed by atoms with Crippen LogP contribution in [0.4, 0.5) is 5.69 Å². The number of halogens is 1. The van der Waals surface area contributed by atoms with Gasteiger partial charge in [-0.05, 0) is 42.0 Å². The maximum absolute atomic E-state index is 12.7. The molecule has 0 bridgehead atoms. The molecule has 29 heavy (non-hydrogen) atoms. The Bertz CT molecular complexity index is 1020. The minimum absolute atomic E-state index is 0.0256. The first-order chi connectivity index (χ1) is 13.8. The number of anilines is 1. The average Bonchev–Trinajstić information content (AvgIpc) is 2.72. The van der Waals surface area contributed by atoms with Gasteiger partial charge in [0, 0.05) is 11.4 Å². The Hall–Kier alpha value is -3.39. The molecule has 1 atom stereocenters. The van der Waals surface area contributed by atoms with Crippen LogP contribution in [0.2, 0.25) is 5.02 Å². The molecule has 3 rings (SSSR count). The van der Waals surface area contributed by atoms with E-state index in [-0.39, 0.29) is 23.2 Å². The highest BCUT2D eigenvalue weighted by molar-refractivity contribution is 6.30. The molecule has 0 radical (unpaired) electrons. The van der Waals surface area contributed by atoms with Crippen LogP contribution in [-0.2, 0) is 25.4 Å². The van der Waals surface area contributed by atoms with Crippen molar-refractivity contribution in [1.82, 2.24) is 0 Å². The zero-order valence-corrected chi connectivity index (χ0v) is 16.2. The van der Waals surface area contributed by atoms with Crippen LogP contribution in [0.3, 0.4) is 0 Å². The van der Waals surface area contributed by atoms with Crippen molar-refractivity contribution in [3.05, 3.63) is 63.7 Å². The van der Waals surface area contributed by atoms with Crippen LogP contribution < -0.4 is 5.32 Å². The lowest BCUT2D eigenvalue weighted by molar-refractivity contribution is -0.125. The number of ether oxygens (including phenoxy) is 3. The third-order valence-electron chi connectivity index (χ3n) is 4.34. The van der Waals surface area contributed by atoms with E-state index in [0.29, 0.717) is 16.1 Å². The third kappa shape index (κ3) is 4.22. The first-order valence-corrected chi connectivity index (χ1v) is 8.82. The highest BCUT2D eigenvalue weighted by Gasteiger charge is 2.32. The van der Waals surface area contributed by atoms with Gasteiger partial charge in [-0.1, -0.05) is 11.6 Å². The summed E-state index contributed by atoms with van der Waals surface area (Å²) in [6.07, 6.45) is -1.03. The fourth-order valence-electron chi connectivity index (χ4n) is 2.90. The van der Waals surface area contributed by atoms with Crippen LogP contribution in [0, 0.1) is 0 Å². The van der Waals surface area contributed by atoms with Crippen molar-refractivity contribution < 1.29 is 33.4 Å². The molecule has 9 heteroatoms. The van der Waals surface area contributed by atoms with Gasteiger partial charge in [0.25, 0.3) is 5.91 Å². The molecule has 0 aliphatic carbocycles. The van der Waals surface area contributed by atoms with E-state index >= 15 is 0 Å². The number of hydrogen-bond donors (Lipinski definition) is 1. The Balaban J connectivity index is 1.89. The van der Waals surface area contributed by atoms with Crippen molar-refractivity contribution in [2.24, 2.45) is 0 Å². The van der Waals surface area contributed by atoms with Gasteiger partial charge in [-0.15, -0.1) is 0 Å². The minimum atomic E-state index is -1.14. The van der Waals surface area contributed by atoms with E-state index < -0.39 is 29.9 Å². The van der Waals surface area contributed by atoms with Crippen molar-refractivity contribution >= 4 is 41.1 Å². The Morgan fingerprint density at radius 1 is 1.07 bits per heavy atom. The summed E-state index contributed by atoms with van der Waals surface area (Å²) in [5.74, 6) is -2.69. The van der Waals surface area contributed by atoms with Crippen LogP contribution in [0.5, 0.6) is 0 Å². The molecule has 1 N–H and O–H groups in total. The molecule has 0 aromatic heterocycles. The Morgan fingerprint density at radius 2 is 1.79 bits per heavy atom. The molecule has 1 aliphatic rings. The minimum Gasteiger partial charge on any atom is -0.465 e. The van der Waals surface area contributed by atoms with Gasteiger partial charge >= 0.3 is 17.9 Å². The molecule has 1 amide bonds. The molecular formula is C20H16ClNO7. The van der Waals surface area contributed by atoms with E-state index in [4.69, 9.17) is 21.1 Å².